The van der Waals surface area contributed by atoms with Gasteiger partial charge in [-0.25, -0.2) is 4.39 Å². The summed E-state index contributed by atoms with van der Waals surface area (Å²) in [5.74, 6) is 0.135. The molecule has 2 aromatic rings. The van der Waals surface area contributed by atoms with E-state index in [0.717, 1.165) is 37.9 Å². The molecule has 24 heavy (non-hydrogen) atoms. The van der Waals surface area contributed by atoms with E-state index in [9.17, 15) is 9.50 Å². The molecule has 3 atom stereocenters. The van der Waals surface area contributed by atoms with Gasteiger partial charge in [-0.05, 0) is 43.5 Å². The molecule has 0 unspecified atom stereocenters. The number of aliphatic hydroxyl groups is 1. The predicted octanol–water partition coefficient (Wildman–Crippen LogP) is 2.71. The maximum atomic E-state index is 13.3. The third kappa shape index (κ3) is 4.52. The second kappa shape index (κ2) is 8.22. The van der Waals surface area contributed by atoms with E-state index >= 15 is 0 Å². The smallest absolute Gasteiger partial charge is 0.126 e. The van der Waals surface area contributed by atoms with Crippen LogP contribution < -0.4 is 10.1 Å². The molecule has 4 nitrogen and oxygen atoms in total. The lowest BCUT2D eigenvalue weighted by molar-refractivity contribution is -0.0152. The Hall–Kier alpha value is -1.98. The van der Waals surface area contributed by atoms with Crippen molar-refractivity contribution in [1.82, 2.24) is 10.3 Å². The van der Waals surface area contributed by atoms with Crippen LogP contribution in [0.15, 0.2) is 48.7 Å². The highest BCUT2D eigenvalue weighted by Crippen LogP contribution is 2.24. The van der Waals surface area contributed by atoms with E-state index in [-0.39, 0.29) is 18.0 Å². The first-order valence-corrected chi connectivity index (χ1v) is 8.46. The van der Waals surface area contributed by atoms with Crippen LogP contribution in [-0.4, -0.2) is 34.9 Å². The van der Waals surface area contributed by atoms with Gasteiger partial charge in [-0.2, -0.15) is 0 Å². The molecule has 2 N–H and O–H groups in total. The second-order valence-electron chi connectivity index (χ2n) is 6.17. The van der Waals surface area contributed by atoms with Crippen LogP contribution in [0.3, 0.4) is 0 Å². The predicted molar refractivity (Wildman–Crippen MR) is 90.4 cm³/mol. The highest BCUT2D eigenvalue weighted by atomic mass is 19.1. The number of hydrogen-bond acceptors (Lipinski definition) is 4. The lowest BCUT2D eigenvalue weighted by Gasteiger charge is -2.35. The van der Waals surface area contributed by atoms with E-state index in [2.05, 4.69) is 10.3 Å². The lowest BCUT2D eigenvalue weighted by Crippen LogP contribution is -2.51. The quantitative estimate of drug-likeness (QED) is 0.855. The molecule has 0 bridgehead atoms. The fourth-order valence-electron chi connectivity index (χ4n) is 3.14. The van der Waals surface area contributed by atoms with Crippen molar-refractivity contribution in [2.24, 2.45) is 0 Å². The molecule has 0 aliphatic heterocycles. The van der Waals surface area contributed by atoms with Crippen LogP contribution in [0.5, 0.6) is 5.75 Å². The van der Waals surface area contributed by atoms with E-state index < -0.39 is 6.10 Å². The minimum Gasteiger partial charge on any atom is -0.488 e. The number of pyridine rings is 1. The van der Waals surface area contributed by atoms with Gasteiger partial charge < -0.3 is 15.2 Å². The zero-order valence-electron chi connectivity index (χ0n) is 13.6. The van der Waals surface area contributed by atoms with Gasteiger partial charge in [0.25, 0.3) is 0 Å². The Morgan fingerprint density at radius 1 is 1.21 bits per heavy atom. The van der Waals surface area contributed by atoms with Gasteiger partial charge in [0.15, 0.2) is 0 Å². The molecule has 1 fully saturated rings. The zero-order valence-corrected chi connectivity index (χ0v) is 13.6. The first kappa shape index (κ1) is 16.9. The first-order valence-electron chi connectivity index (χ1n) is 8.46. The van der Waals surface area contributed by atoms with Crippen LogP contribution in [0, 0.1) is 5.82 Å². The van der Waals surface area contributed by atoms with Gasteiger partial charge in [-0.15, -0.1) is 0 Å². The van der Waals surface area contributed by atoms with Gasteiger partial charge in [0, 0.05) is 37.0 Å². The molecular formula is C19H23FN2O2. The number of halogens is 1. The maximum Gasteiger partial charge on any atom is 0.126 e. The molecule has 1 heterocycles. The number of rotatable bonds is 6. The van der Waals surface area contributed by atoms with E-state index in [1.54, 1.807) is 18.3 Å². The number of aromatic nitrogens is 1. The lowest BCUT2D eigenvalue weighted by atomic mass is 9.89. The highest BCUT2D eigenvalue weighted by molar-refractivity contribution is 5.23. The third-order valence-electron chi connectivity index (χ3n) is 4.39. The van der Waals surface area contributed by atoms with Gasteiger partial charge in [0.2, 0.25) is 0 Å². The van der Waals surface area contributed by atoms with Gasteiger partial charge in [0.05, 0.1) is 0 Å². The highest BCUT2D eigenvalue weighted by Gasteiger charge is 2.33. The molecule has 3 rings (SSSR count). The van der Waals surface area contributed by atoms with Crippen molar-refractivity contribution < 1.29 is 14.2 Å². The summed E-state index contributed by atoms with van der Waals surface area (Å²) in [5, 5.41) is 14.0. The standard InChI is InChI=1S/C19H23FN2O2/c20-14-5-3-7-16(13-14)24-18-9-4-8-17(19(18)23)22-12-10-15-6-1-2-11-21-15/h1-3,5-7,11,13,17-19,22-23H,4,8-10,12H2/t17-,18+,19+/m0/s1. The summed E-state index contributed by atoms with van der Waals surface area (Å²) < 4.78 is 19.1. The Balaban J connectivity index is 1.51. The molecule has 0 spiro atoms. The topological polar surface area (TPSA) is 54.4 Å². The Bertz CT molecular complexity index is 638. The van der Waals surface area contributed by atoms with Gasteiger partial charge in [-0.3, -0.25) is 4.98 Å². The van der Waals surface area contributed by atoms with Crippen LogP contribution in [0.25, 0.3) is 0 Å². The Morgan fingerprint density at radius 3 is 2.92 bits per heavy atom. The second-order valence-corrected chi connectivity index (χ2v) is 6.17. The molecule has 0 saturated heterocycles. The summed E-state index contributed by atoms with van der Waals surface area (Å²) in [6.45, 7) is 0.755. The van der Waals surface area contributed by atoms with Crippen molar-refractivity contribution in [3.05, 3.63) is 60.2 Å². The summed E-state index contributed by atoms with van der Waals surface area (Å²) in [4.78, 5) is 4.30. The van der Waals surface area contributed by atoms with E-state index in [4.69, 9.17) is 4.74 Å². The van der Waals surface area contributed by atoms with Crippen LogP contribution in [0.1, 0.15) is 25.0 Å². The number of aliphatic hydroxyl groups excluding tert-OH is 1. The molecule has 1 aromatic heterocycles. The molecule has 128 valence electrons. The SMILES string of the molecule is O[C@@H]1[C@@H](NCCc2ccccn2)CCC[C@H]1Oc1cccc(F)c1. The molecule has 5 heteroatoms. The summed E-state index contributed by atoms with van der Waals surface area (Å²) in [6, 6.07) is 11.9. The van der Waals surface area contributed by atoms with Gasteiger partial charge in [-0.1, -0.05) is 12.1 Å². The molecule has 1 aromatic carbocycles. The van der Waals surface area contributed by atoms with Crippen LogP contribution in [0.2, 0.25) is 0 Å². The van der Waals surface area contributed by atoms with Crippen molar-refractivity contribution in [2.45, 2.75) is 43.9 Å². The first-order chi connectivity index (χ1) is 11.7. The maximum absolute atomic E-state index is 13.3. The fraction of sp³-hybridized carbons (Fsp3) is 0.421. The van der Waals surface area contributed by atoms with Crippen molar-refractivity contribution in [3.63, 3.8) is 0 Å². The van der Waals surface area contributed by atoms with E-state index in [1.165, 1.54) is 12.1 Å². The molecule has 1 aliphatic rings. The van der Waals surface area contributed by atoms with Crippen molar-refractivity contribution in [1.29, 1.82) is 0 Å². The van der Waals surface area contributed by atoms with Crippen LogP contribution >= 0.6 is 0 Å². The molecule has 1 aliphatic carbocycles. The Labute approximate surface area is 141 Å². The summed E-state index contributed by atoms with van der Waals surface area (Å²) in [5.41, 5.74) is 1.03. The van der Waals surface area contributed by atoms with Gasteiger partial charge in [0.1, 0.15) is 23.8 Å². The van der Waals surface area contributed by atoms with E-state index in [1.807, 2.05) is 18.2 Å². The number of ether oxygens (including phenoxy) is 1. The minimum atomic E-state index is -0.606. The number of benzene rings is 1. The van der Waals surface area contributed by atoms with Crippen molar-refractivity contribution >= 4 is 0 Å². The van der Waals surface area contributed by atoms with Crippen molar-refractivity contribution in [2.75, 3.05) is 6.54 Å². The van der Waals surface area contributed by atoms with Crippen LogP contribution in [0.4, 0.5) is 4.39 Å². The fourth-order valence-corrected chi connectivity index (χ4v) is 3.14. The zero-order chi connectivity index (χ0) is 16.8. The largest absolute Gasteiger partial charge is 0.488 e. The Morgan fingerprint density at radius 2 is 2.12 bits per heavy atom. The average molecular weight is 330 g/mol. The summed E-state index contributed by atoms with van der Waals surface area (Å²) >= 11 is 0. The number of hydrogen-bond donors (Lipinski definition) is 2. The summed E-state index contributed by atoms with van der Waals surface area (Å²) in [7, 11) is 0. The molecule has 0 amide bonds. The molecule has 0 radical (unpaired) electrons. The van der Waals surface area contributed by atoms with E-state index in [0.29, 0.717) is 5.75 Å². The minimum absolute atomic E-state index is 0.0129. The normalized spacial score (nSPS) is 23.8. The van der Waals surface area contributed by atoms with Gasteiger partial charge >= 0.3 is 0 Å². The van der Waals surface area contributed by atoms with Crippen LogP contribution in [-0.2, 0) is 6.42 Å². The molecule has 1 saturated carbocycles. The monoisotopic (exact) mass is 330 g/mol. The number of nitrogens with zero attached hydrogens (tertiary/aromatic N) is 1. The Kier molecular flexibility index (Phi) is 5.77. The summed E-state index contributed by atoms with van der Waals surface area (Å²) in [6.07, 6.45) is 4.34. The number of nitrogens with one attached hydrogen (secondary N) is 1. The third-order valence-corrected chi connectivity index (χ3v) is 4.39. The molecular weight excluding hydrogens is 307 g/mol. The van der Waals surface area contributed by atoms with Crippen molar-refractivity contribution in [3.8, 4) is 5.75 Å². The average Bonchev–Trinajstić information content (AvgIpc) is 2.59.